The normalized spacial score (nSPS) is 15.4. The van der Waals surface area contributed by atoms with Crippen LogP contribution in [0.2, 0.25) is 0 Å². The van der Waals surface area contributed by atoms with Crippen molar-refractivity contribution in [2.24, 2.45) is 5.84 Å². The number of fused-ring (bicyclic) bond motifs is 2. The van der Waals surface area contributed by atoms with Crippen molar-refractivity contribution in [2.75, 3.05) is 11.6 Å². The van der Waals surface area contributed by atoms with Crippen molar-refractivity contribution < 1.29 is 0 Å². The third kappa shape index (κ3) is 1.36. The van der Waals surface area contributed by atoms with E-state index in [4.69, 9.17) is 5.84 Å². The summed E-state index contributed by atoms with van der Waals surface area (Å²) in [6, 6.07) is 10.3. The number of nitrogens with zero attached hydrogens (tertiary/aromatic N) is 2. The molecule has 0 atom stereocenters. The molecule has 0 spiro atoms. The van der Waals surface area contributed by atoms with Crippen molar-refractivity contribution in [1.82, 2.24) is 4.98 Å². The SMILES string of the molecule is NN1CCCc2nc3ccccc3cc21. The number of hydrazine groups is 1. The lowest BCUT2D eigenvalue weighted by atomic mass is 10.1. The van der Waals surface area contributed by atoms with Crippen molar-refractivity contribution in [3.63, 3.8) is 0 Å². The van der Waals surface area contributed by atoms with Crippen LogP contribution < -0.4 is 10.9 Å². The molecule has 3 nitrogen and oxygen atoms in total. The van der Waals surface area contributed by atoms with Gasteiger partial charge in [-0.1, -0.05) is 18.2 Å². The van der Waals surface area contributed by atoms with Gasteiger partial charge in [0.25, 0.3) is 0 Å². The molecule has 0 saturated heterocycles. The van der Waals surface area contributed by atoms with E-state index in [1.54, 1.807) is 5.01 Å². The van der Waals surface area contributed by atoms with Crippen LogP contribution in [-0.4, -0.2) is 11.5 Å². The van der Waals surface area contributed by atoms with Gasteiger partial charge in [0.05, 0.1) is 16.9 Å². The lowest BCUT2D eigenvalue weighted by Crippen LogP contribution is -2.36. The molecular weight excluding hydrogens is 186 g/mol. The Kier molecular flexibility index (Phi) is 1.86. The molecule has 0 unspecified atom stereocenters. The molecule has 1 aliphatic heterocycles. The molecule has 2 aromatic rings. The quantitative estimate of drug-likeness (QED) is 0.658. The summed E-state index contributed by atoms with van der Waals surface area (Å²) in [5.74, 6) is 5.93. The summed E-state index contributed by atoms with van der Waals surface area (Å²) < 4.78 is 0. The molecule has 2 N–H and O–H groups in total. The van der Waals surface area contributed by atoms with Crippen LogP contribution in [0.4, 0.5) is 5.69 Å². The molecule has 2 heterocycles. The number of aryl methyl sites for hydroxylation is 1. The van der Waals surface area contributed by atoms with E-state index in [9.17, 15) is 0 Å². The monoisotopic (exact) mass is 199 g/mol. The molecule has 15 heavy (non-hydrogen) atoms. The number of benzene rings is 1. The maximum atomic E-state index is 5.93. The van der Waals surface area contributed by atoms with Crippen LogP contribution in [0, 0.1) is 0 Å². The van der Waals surface area contributed by atoms with Gasteiger partial charge in [0.2, 0.25) is 0 Å². The second-order valence-electron chi connectivity index (χ2n) is 3.94. The minimum absolute atomic E-state index is 0.924. The molecule has 0 fully saturated rings. The Labute approximate surface area is 88.5 Å². The highest BCUT2D eigenvalue weighted by atomic mass is 15.4. The molecule has 1 aromatic heterocycles. The summed E-state index contributed by atoms with van der Waals surface area (Å²) in [6.45, 7) is 0.924. The number of pyridine rings is 1. The summed E-state index contributed by atoms with van der Waals surface area (Å²) in [5.41, 5.74) is 3.27. The van der Waals surface area contributed by atoms with Gasteiger partial charge in [-0.25, -0.2) is 5.84 Å². The molecule has 1 aromatic carbocycles. The minimum atomic E-state index is 0.924. The number of nitrogens with two attached hydrogens (primary N) is 1. The second-order valence-corrected chi connectivity index (χ2v) is 3.94. The average molecular weight is 199 g/mol. The van der Waals surface area contributed by atoms with Crippen LogP contribution in [0.15, 0.2) is 30.3 Å². The topological polar surface area (TPSA) is 42.1 Å². The van der Waals surface area contributed by atoms with E-state index in [1.165, 1.54) is 0 Å². The fourth-order valence-electron chi connectivity index (χ4n) is 2.11. The van der Waals surface area contributed by atoms with Gasteiger partial charge in [-0.3, -0.25) is 4.98 Å². The first-order chi connectivity index (χ1) is 7.34. The van der Waals surface area contributed by atoms with Gasteiger partial charge in [0, 0.05) is 11.9 Å². The summed E-state index contributed by atoms with van der Waals surface area (Å²) >= 11 is 0. The van der Waals surface area contributed by atoms with E-state index in [1.807, 2.05) is 18.2 Å². The molecule has 1 aliphatic rings. The summed E-state index contributed by atoms with van der Waals surface area (Å²) in [4.78, 5) is 4.64. The van der Waals surface area contributed by atoms with Gasteiger partial charge in [-0.15, -0.1) is 0 Å². The minimum Gasteiger partial charge on any atom is -0.309 e. The van der Waals surface area contributed by atoms with E-state index in [0.717, 1.165) is 41.7 Å². The predicted molar refractivity (Wildman–Crippen MR) is 61.6 cm³/mol. The van der Waals surface area contributed by atoms with E-state index in [2.05, 4.69) is 17.1 Å². The lowest BCUT2D eigenvalue weighted by molar-refractivity contribution is 0.700. The zero-order valence-corrected chi connectivity index (χ0v) is 8.48. The Morgan fingerprint density at radius 3 is 3.07 bits per heavy atom. The van der Waals surface area contributed by atoms with Crippen LogP contribution >= 0.6 is 0 Å². The van der Waals surface area contributed by atoms with E-state index >= 15 is 0 Å². The van der Waals surface area contributed by atoms with Gasteiger partial charge in [0.15, 0.2) is 0 Å². The fraction of sp³-hybridized carbons (Fsp3) is 0.250. The maximum absolute atomic E-state index is 5.93. The number of rotatable bonds is 0. The number of para-hydroxylation sites is 1. The predicted octanol–water partition coefficient (Wildman–Crippen LogP) is 1.86. The van der Waals surface area contributed by atoms with Crippen LogP contribution in [0.1, 0.15) is 12.1 Å². The smallest absolute Gasteiger partial charge is 0.0739 e. The van der Waals surface area contributed by atoms with Crippen molar-refractivity contribution in [2.45, 2.75) is 12.8 Å². The van der Waals surface area contributed by atoms with E-state index < -0.39 is 0 Å². The molecule has 0 radical (unpaired) electrons. The first-order valence-electron chi connectivity index (χ1n) is 5.25. The Hall–Kier alpha value is -1.61. The van der Waals surface area contributed by atoms with Gasteiger partial charge in [-0.05, 0) is 25.0 Å². The fourth-order valence-corrected chi connectivity index (χ4v) is 2.11. The summed E-state index contributed by atoms with van der Waals surface area (Å²) in [7, 11) is 0. The van der Waals surface area contributed by atoms with E-state index in [-0.39, 0.29) is 0 Å². The number of aromatic nitrogens is 1. The first kappa shape index (κ1) is 8.68. The van der Waals surface area contributed by atoms with Gasteiger partial charge in [-0.2, -0.15) is 0 Å². The van der Waals surface area contributed by atoms with Crippen molar-refractivity contribution in [3.05, 3.63) is 36.0 Å². The Morgan fingerprint density at radius 2 is 2.13 bits per heavy atom. The Morgan fingerprint density at radius 1 is 1.27 bits per heavy atom. The zero-order chi connectivity index (χ0) is 10.3. The molecule has 3 heteroatoms. The third-order valence-electron chi connectivity index (χ3n) is 2.90. The van der Waals surface area contributed by atoms with Crippen molar-refractivity contribution >= 4 is 16.6 Å². The van der Waals surface area contributed by atoms with Crippen LogP contribution in [0.5, 0.6) is 0 Å². The highest BCUT2D eigenvalue weighted by Crippen LogP contribution is 2.26. The Balaban J connectivity index is 2.27. The number of hydrogen-bond acceptors (Lipinski definition) is 3. The van der Waals surface area contributed by atoms with Gasteiger partial charge in [0.1, 0.15) is 0 Å². The molecule has 0 amide bonds. The van der Waals surface area contributed by atoms with Crippen molar-refractivity contribution in [1.29, 1.82) is 0 Å². The second kappa shape index (κ2) is 3.21. The third-order valence-corrected chi connectivity index (χ3v) is 2.90. The average Bonchev–Trinajstić information content (AvgIpc) is 2.27. The van der Waals surface area contributed by atoms with Gasteiger partial charge >= 0.3 is 0 Å². The molecular formula is C12H13N3. The molecule has 0 bridgehead atoms. The zero-order valence-electron chi connectivity index (χ0n) is 8.48. The molecule has 3 rings (SSSR count). The van der Waals surface area contributed by atoms with Crippen molar-refractivity contribution in [3.8, 4) is 0 Å². The Bertz CT molecular complexity index is 507. The van der Waals surface area contributed by atoms with Crippen LogP contribution in [0.25, 0.3) is 10.9 Å². The highest BCUT2D eigenvalue weighted by Gasteiger charge is 2.15. The number of anilines is 1. The van der Waals surface area contributed by atoms with E-state index in [0.29, 0.717) is 0 Å². The number of hydrogen-bond donors (Lipinski definition) is 1. The van der Waals surface area contributed by atoms with Gasteiger partial charge < -0.3 is 5.01 Å². The standard InChI is InChI=1S/C12H13N3/c13-15-7-3-6-11-12(15)8-9-4-1-2-5-10(9)14-11/h1-2,4-5,8H,3,6-7,13H2. The summed E-state index contributed by atoms with van der Waals surface area (Å²) in [6.07, 6.45) is 2.13. The molecule has 0 aliphatic carbocycles. The molecule has 76 valence electrons. The van der Waals surface area contributed by atoms with Crippen LogP contribution in [0.3, 0.4) is 0 Å². The maximum Gasteiger partial charge on any atom is 0.0739 e. The lowest BCUT2D eigenvalue weighted by Gasteiger charge is -2.26. The highest BCUT2D eigenvalue weighted by molar-refractivity contribution is 5.83. The molecule has 0 saturated carbocycles. The first-order valence-corrected chi connectivity index (χ1v) is 5.25. The largest absolute Gasteiger partial charge is 0.309 e. The summed E-state index contributed by atoms with van der Waals surface area (Å²) in [5, 5.41) is 2.96. The van der Waals surface area contributed by atoms with Crippen LogP contribution in [-0.2, 0) is 6.42 Å².